The molecule has 0 aliphatic carbocycles. The molecule has 0 spiro atoms. The van der Waals surface area contributed by atoms with Gasteiger partial charge in [0.25, 0.3) is 0 Å². The summed E-state index contributed by atoms with van der Waals surface area (Å²) < 4.78 is 5.50. The van der Waals surface area contributed by atoms with Gasteiger partial charge in [0.15, 0.2) is 0 Å². The van der Waals surface area contributed by atoms with Gasteiger partial charge in [0, 0.05) is 6.61 Å². The summed E-state index contributed by atoms with van der Waals surface area (Å²) in [5.41, 5.74) is 0. The minimum absolute atomic E-state index is 0.599. The van der Waals surface area contributed by atoms with Gasteiger partial charge in [-0.2, -0.15) is 0 Å². The Balaban J connectivity index is 0.000000561. The highest BCUT2D eigenvalue weighted by Crippen LogP contribution is 2.18. The molecule has 0 aromatic rings. The first-order chi connectivity index (χ1) is 5.79. The molecule has 1 aliphatic rings. The van der Waals surface area contributed by atoms with E-state index in [2.05, 4.69) is 13.8 Å². The van der Waals surface area contributed by atoms with Crippen LogP contribution in [0.3, 0.4) is 0 Å². The molecule has 1 rings (SSSR count). The van der Waals surface area contributed by atoms with E-state index in [-0.39, 0.29) is 0 Å². The summed E-state index contributed by atoms with van der Waals surface area (Å²) in [6.07, 6.45) is 5.78. The van der Waals surface area contributed by atoms with Crippen molar-refractivity contribution in [1.82, 2.24) is 0 Å². The van der Waals surface area contributed by atoms with Crippen molar-refractivity contribution in [2.24, 2.45) is 5.92 Å². The number of hydrogen-bond acceptors (Lipinski definition) is 1. The van der Waals surface area contributed by atoms with Crippen LogP contribution in [-0.4, -0.2) is 12.7 Å². The Labute approximate surface area is 77.5 Å². The van der Waals surface area contributed by atoms with Crippen molar-refractivity contribution < 1.29 is 4.74 Å². The predicted octanol–water partition coefficient (Wildman–Crippen LogP) is 3.63. The van der Waals surface area contributed by atoms with E-state index in [1.54, 1.807) is 0 Å². The fourth-order valence-electron chi connectivity index (χ4n) is 1.39. The first-order valence-corrected chi connectivity index (χ1v) is 5.40. The molecule has 1 atom stereocenters. The zero-order valence-corrected chi connectivity index (χ0v) is 9.10. The highest BCUT2D eigenvalue weighted by molar-refractivity contribution is 4.65. The Morgan fingerprint density at radius 1 is 1.33 bits per heavy atom. The van der Waals surface area contributed by atoms with Gasteiger partial charge in [-0.05, 0) is 31.6 Å². The summed E-state index contributed by atoms with van der Waals surface area (Å²) in [6, 6.07) is 0. The number of hydrogen-bond donors (Lipinski definition) is 0. The molecular formula is C11H24O. The molecule has 1 aliphatic heterocycles. The van der Waals surface area contributed by atoms with Crippen LogP contribution in [-0.2, 0) is 4.74 Å². The zero-order chi connectivity index (χ0) is 9.40. The maximum Gasteiger partial charge on any atom is 0.0576 e. The summed E-state index contributed by atoms with van der Waals surface area (Å²) in [5, 5.41) is 0. The van der Waals surface area contributed by atoms with Crippen molar-refractivity contribution in [2.45, 2.75) is 59.5 Å². The smallest absolute Gasteiger partial charge is 0.0576 e. The molecule has 0 aromatic heterocycles. The average Bonchev–Trinajstić information content (AvgIpc) is 2.56. The van der Waals surface area contributed by atoms with Gasteiger partial charge in [0.05, 0.1) is 6.10 Å². The lowest BCUT2D eigenvalue weighted by Crippen LogP contribution is -2.05. The fraction of sp³-hybridized carbons (Fsp3) is 1.00. The minimum Gasteiger partial charge on any atom is -0.378 e. The Morgan fingerprint density at radius 2 is 2.00 bits per heavy atom. The van der Waals surface area contributed by atoms with Crippen LogP contribution in [0, 0.1) is 5.92 Å². The maximum absolute atomic E-state index is 5.50. The van der Waals surface area contributed by atoms with E-state index in [9.17, 15) is 0 Å². The third kappa shape index (κ3) is 5.59. The molecule has 0 bridgehead atoms. The molecule has 0 saturated carbocycles. The molecular weight excluding hydrogens is 148 g/mol. The summed E-state index contributed by atoms with van der Waals surface area (Å²) in [6.45, 7) is 9.55. The molecule has 0 aromatic carbocycles. The van der Waals surface area contributed by atoms with Gasteiger partial charge in [-0.1, -0.05) is 27.7 Å². The highest BCUT2D eigenvalue weighted by atomic mass is 16.5. The summed E-state index contributed by atoms with van der Waals surface area (Å²) in [5.74, 6) is 0.837. The topological polar surface area (TPSA) is 9.23 Å². The Hall–Kier alpha value is -0.0400. The lowest BCUT2D eigenvalue weighted by Gasteiger charge is -2.09. The molecule has 12 heavy (non-hydrogen) atoms. The second-order valence-electron chi connectivity index (χ2n) is 3.61. The first-order valence-electron chi connectivity index (χ1n) is 5.40. The summed E-state index contributed by atoms with van der Waals surface area (Å²) in [7, 11) is 0. The van der Waals surface area contributed by atoms with E-state index in [1.807, 2.05) is 13.8 Å². The molecule has 1 heteroatoms. The van der Waals surface area contributed by atoms with E-state index in [0.717, 1.165) is 12.5 Å². The van der Waals surface area contributed by atoms with Crippen molar-refractivity contribution in [3.05, 3.63) is 0 Å². The molecule has 0 N–H and O–H groups in total. The first kappa shape index (κ1) is 12.0. The van der Waals surface area contributed by atoms with Gasteiger partial charge >= 0.3 is 0 Å². The summed E-state index contributed by atoms with van der Waals surface area (Å²) >= 11 is 0. The number of ether oxygens (including phenoxy) is 1. The SMILES string of the molecule is CC.CC(C)CCC1CCCO1. The van der Waals surface area contributed by atoms with Crippen molar-refractivity contribution in [3.8, 4) is 0 Å². The molecule has 1 saturated heterocycles. The van der Waals surface area contributed by atoms with Crippen molar-refractivity contribution in [1.29, 1.82) is 0 Å². The van der Waals surface area contributed by atoms with E-state index in [1.165, 1.54) is 25.7 Å². The highest BCUT2D eigenvalue weighted by Gasteiger charge is 2.14. The van der Waals surface area contributed by atoms with Crippen LogP contribution in [0.2, 0.25) is 0 Å². The van der Waals surface area contributed by atoms with Crippen LogP contribution in [0.1, 0.15) is 53.4 Å². The Bertz CT molecular complexity index is 83.0. The minimum atomic E-state index is 0.599. The molecule has 1 fully saturated rings. The standard InChI is InChI=1S/C9H18O.C2H6/c1-8(2)5-6-9-4-3-7-10-9;1-2/h8-9H,3-7H2,1-2H3;1-2H3. The molecule has 0 amide bonds. The number of rotatable bonds is 3. The van der Waals surface area contributed by atoms with Gasteiger partial charge in [0.1, 0.15) is 0 Å². The zero-order valence-electron chi connectivity index (χ0n) is 9.10. The average molecular weight is 172 g/mol. The third-order valence-electron chi connectivity index (χ3n) is 2.09. The lowest BCUT2D eigenvalue weighted by atomic mass is 10.0. The monoisotopic (exact) mass is 172 g/mol. The Morgan fingerprint density at radius 3 is 2.42 bits per heavy atom. The van der Waals surface area contributed by atoms with Crippen LogP contribution >= 0.6 is 0 Å². The van der Waals surface area contributed by atoms with Gasteiger partial charge in [-0.25, -0.2) is 0 Å². The molecule has 74 valence electrons. The van der Waals surface area contributed by atoms with Gasteiger partial charge in [-0.15, -0.1) is 0 Å². The quantitative estimate of drug-likeness (QED) is 0.631. The van der Waals surface area contributed by atoms with Crippen LogP contribution in [0.15, 0.2) is 0 Å². The molecule has 1 nitrogen and oxygen atoms in total. The van der Waals surface area contributed by atoms with Gasteiger partial charge in [-0.3, -0.25) is 0 Å². The normalized spacial score (nSPS) is 22.2. The van der Waals surface area contributed by atoms with Crippen molar-refractivity contribution in [2.75, 3.05) is 6.61 Å². The van der Waals surface area contributed by atoms with Crippen LogP contribution in [0.25, 0.3) is 0 Å². The van der Waals surface area contributed by atoms with E-state index < -0.39 is 0 Å². The Kier molecular flexibility index (Phi) is 7.58. The van der Waals surface area contributed by atoms with E-state index in [0.29, 0.717) is 6.10 Å². The van der Waals surface area contributed by atoms with Crippen molar-refractivity contribution >= 4 is 0 Å². The second-order valence-corrected chi connectivity index (χ2v) is 3.61. The largest absolute Gasteiger partial charge is 0.378 e. The van der Waals surface area contributed by atoms with E-state index in [4.69, 9.17) is 4.74 Å². The molecule has 1 heterocycles. The van der Waals surface area contributed by atoms with Crippen molar-refractivity contribution in [3.63, 3.8) is 0 Å². The third-order valence-corrected chi connectivity index (χ3v) is 2.09. The van der Waals surface area contributed by atoms with Crippen LogP contribution < -0.4 is 0 Å². The second kappa shape index (κ2) is 7.60. The van der Waals surface area contributed by atoms with Crippen LogP contribution in [0.4, 0.5) is 0 Å². The lowest BCUT2D eigenvalue weighted by molar-refractivity contribution is 0.0994. The van der Waals surface area contributed by atoms with Gasteiger partial charge in [0.2, 0.25) is 0 Å². The fourth-order valence-corrected chi connectivity index (χ4v) is 1.39. The molecule has 1 unspecified atom stereocenters. The summed E-state index contributed by atoms with van der Waals surface area (Å²) in [4.78, 5) is 0. The predicted molar refractivity (Wildman–Crippen MR) is 54.4 cm³/mol. The molecule has 0 radical (unpaired) electrons. The van der Waals surface area contributed by atoms with Crippen LogP contribution in [0.5, 0.6) is 0 Å². The van der Waals surface area contributed by atoms with Gasteiger partial charge < -0.3 is 4.74 Å². The maximum atomic E-state index is 5.50. The van der Waals surface area contributed by atoms with E-state index >= 15 is 0 Å².